The summed E-state index contributed by atoms with van der Waals surface area (Å²) in [6.45, 7) is 1.23. The first-order chi connectivity index (χ1) is 17.0. The molecule has 6 atom stereocenters. The zero-order valence-corrected chi connectivity index (χ0v) is 19.7. The summed E-state index contributed by atoms with van der Waals surface area (Å²) < 4.78 is 5.44. The molecule has 4 unspecified atom stereocenters. The maximum absolute atomic E-state index is 13.1. The van der Waals surface area contributed by atoms with E-state index < -0.39 is 0 Å². The second kappa shape index (κ2) is 7.78. The van der Waals surface area contributed by atoms with Gasteiger partial charge in [0.1, 0.15) is 23.7 Å². The highest BCUT2D eigenvalue weighted by Gasteiger charge is 2.67. The Hall–Kier alpha value is -2.95. The number of anilines is 3. The van der Waals surface area contributed by atoms with Crippen molar-refractivity contribution in [3.8, 4) is 5.75 Å². The third kappa shape index (κ3) is 3.30. The number of nitrogens with zero attached hydrogens (tertiary/aromatic N) is 3. The van der Waals surface area contributed by atoms with Crippen LogP contribution < -0.4 is 31.1 Å². The molecule has 1 amide bonds. The van der Waals surface area contributed by atoms with Crippen LogP contribution in [0.2, 0.25) is 0 Å². The van der Waals surface area contributed by atoms with Crippen molar-refractivity contribution in [3.05, 3.63) is 36.2 Å². The van der Waals surface area contributed by atoms with Crippen molar-refractivity contribution in [2.75, 3.05) is 35.7 Å². The average Bonchev–Trinajstić information content (AvgIpc) is 3.41. The van der Waals surface area contributed by atoms with E-state index >= 15 is 0 Å². The molecule has 1 aromatic heterocycles. The Morgan fingerprint density at radius 3 is 2.91 bits per heavy atom. The molecule has 5 N–H and O–H groups in total. The lowest BCUT2D eigenvalue weighted by Gasteiger charge is -2.37. The number of carbonyl (C=O) groups excluding carboxylic acids is 1. The molecule has 3 aliphatic heterocycles. The predicted octanol–water partition coefficient (Wildman–Crippen LogP) is 1.21. The van der Waals surface area contributed by atoms with Crippen LogP contribution in [0.3, 0.4) is 0 Å². The normalized spacial score (nSPS) is 35.3. The maximum Gasteiger partial charge on any atom is 0.235 e. The molecular formula is C25H31N7O3. The highest BCUT2D eigenvalue weighted by Crippen LogP contribution is 2.65. The van der Waals surface area contributed by atoms with Crippen LogP contribution in [0.5, 0.6) is 5.75 Å². The number of ether oxygens (including phenoxy) is 1. The Balaban J connectivity index is 1.02. The van der Waals surface area contributed by atoms with Crippen LogP contribution in [0.4, 0.5) is 17.3 Å². The van der Waals surface area contributed by atoms with E-state index in [-0.39, 0.29) is 23.6 Å². The summed E-state index contributed by atoms with van der Waals surface area (Å²) in [5, 5.41) is 16.2. The average molecular weight is 478 g/mol. The van der Waals surface area contributed by atoms with Gasteiger partial charge in [-0.3, -0.25) is 10.2 Å². The van der Waals surface area contributed by atoms with Gasteiger partial charge in [0.15, 0.2) is 0 Å². The lowest BCUT2D eigenvalue weighted by molar-refractivity contribution is -0.118. The molecule has 2 saturated heterocycles. The van der Waals surface area contributed by atoms with Crippen LogP contribution in [0.15, 0.2) is 30.6 Å². The fourth-order valence-electron chi connectivity index (χ4n) is 6.92. The zero-order chi connectivity index (χ0) is 23.7. The topological polar surface area (TPSA) is 124 Å². The molecule has 35 heavy (non-hydrogen) atoms. The Kier molecular flexibility index (Phi) is 4.74. The van der Waals surface area contributed by atoms with Gasteiger partial charge < -0.3 is 25.4 Å². The maximum atomic E-state index is 13.1. The van der Waals surface area contributed by atoms with E-state index in [2.05, 4.69) is 31.5 Å². The number of fused-ring (bicyclic) bond motifs is 3. The number of rotatable bonds is 5. The summed E-state index contributed by atoms with van der Waals surface area (Å²) in [6.07, 6.45) is 5.56. The van der Waals surface area contributed by atoms with Crippen molar-refractivity contribution < 1.29 is 14.6 Å². The summed E-state index contributed by atoms with van der Waals surface area (Å²) in [6, 6.07) is 8.23. The largest absolute Gasteiger partial charge is 0.497 e. The van der Waals surface area contributed by atoms with E-state index in [9.17, 15) is 9.90 Å². The fourth-order valence-corrected chi connectivity index (χ4v) is 6.92. The minimum atomic E-state index is -0.382. The van der Waals surface area contributed by atoms with E-state index in [1.807, 2.05) is 29.2 Å². The summed E-state index contributed by atoms with van der Waals surface area (Å²) >= 11 is 0. The SMILES string of the molecule is COc1ccc2c(c1)[C@]1(C[C@H]1C1CCC3C(C1)NNC3Nc1cc(N3CC(O)C3)ncn1)C(=O)N2. The Morgan fingerprint density at radius 1 is 1.20 bits per heavy atom. The number of hydrogen-bond donors (Lipinski definition) is 5. The van der Waals surface area contributed by atoms with E-state index in [1.165, 1.54) is 0 Å². The predicted molar refractivity (Wildman–Crippen MR) is 130 cm³/mol. The number of amides is 1. The number of benzene rings is 1. The lowest BCUT2D eigenvalue weighted by Crippen LogP contribution is -2.51. The lowest BCUT2D eigenvalue weighted by atomic mass is 9.74. The number of hydrogen-bond acceptors (Lipinski definition) is 9. The van der Waals surface area contributed by atoms with Crippen molar-refractivity contribution in [2.24, 2.45) is 17.8 Å². The number of β-amino-alcohol motifs (C(OH)–C–C–N with tert-alkyl or cyclic N) is 1. The summed E-state index contributed by atoms with van der Waals surface area (Å²) in [4.78, 5) is 23.9. The van der Waals surface area contributed by atoms with Crippen LogP contribution in [-0.4, -0.2) is 59.5 Å². The van der Waals surface area contributed by atoms with E-state index in [4.69, 9.17) is 4.74 Å². The molecule has 7 rings (SSSR count). The molecule has 2 saturated carbocycles. The minimum Gasteiger partial charge on any atom is -0.497 e. The quantitative estimate of drug-likeness (QED) is 0.432. The first-order valence-electron chi connectivity index (χ1n) is 12.6. The molecule has 0 bridgehead atoms. The third-order valence-electron chi connectivity index (χ3n) is 8.88. The molecule has 2 aromatic rings. The highest BCUT2D eigenvalue weighted by molar-refractivity contribution is 6.09. The first kappa shape index (κ1) is 21.3. The third-order valence-corrected chi connectivity index (χ3v) is 8.88. The summed E-state index contributed by atoms with van der Waals surface area (Å²) in [5.41, 5.74) is 8.62. The van der Waals surface area contributed by atoms with Crippen molar-refractivity contribution in [3.63, 3.8) is 0 Å². The van der Waals surface area contributed by atoms with Crippen LogP contribution in [0, 0.1) is 17.8 Å². The van der Waals surface area contributed by atoms with Gasteiger partial charge in [-0.15, -0.1) is 0 Å². The van der Waals surface area contributed by atoms with Gasteiger partial charge in [0.25, 0.3) is 0 Å². The molecule has 1 spiro atoms. The van der Waals surface area contributed by atoms with Crippen LogP contribution in [0.25, 0.3) is 0 Å². The highest BCUT2D eigenvalue weighted by atomic mass is 16.5. The van der Waals surface area contributed by atoms with Crippen molar-refractivity contribution in [1.29, 1.82) is 0 Å². The van der Waals surface area contributed by atoms with Gasteiger partial charge in [0.2, 0.25) is 5.91 Å². The van der Waals surface area contributed by atoms with Crippen molar-refractivity contribution in [1.82, 2.24) is 20.8 Å². The van der Waals surface area contributed by atoms with Gasteiger partial charge in [-0.05, 0) is 61.3 Å². The number of aromatic nitrogens is 2. The molecule has 10 heteroatoms. The first-order valence-corrected chi connectivity index (χ1v) is 12.6. The smallest absolute Gasteiger partial charge is 0.235 e. The Labute approximate surface area is 203 Å². The van der Waals surface area contributed by atoms with Gasteiger partial charge in [-0.2, -0.15) is 0 Å². The molecule has 0 radical (unpaired) electrons. The molecule has 1 aromatic carbocycles. The molecule has 2 aliphatic carbocycles. The van der Waals surface area contributed by atoms with Gasteiger partial charge in [0, 0.05) is 36.8 Å². The van der Waals surface area contributed by atoms with Crippen LogP contribution in [-0.2, 0) is 10.2 Å². The minimum absolute atomic E-state index is 0.0820. The standard InChI is InChI=1S/C25H31N7O3/c1-35-15-3-5-19-17(7-15)25(24(34)28-19)9-18(25)13-2-4-16-20(6-13)30-31-23(16)29-21-8-22(27-12-26-21)32-10-14(33)11-32/h3,5,7-8,12-14,16,18,20,23,30-31,33H,2,4,6,9-11H2,1H3,(H,28,34)(H,26,27,29)/t13?,16?,18-,20?,23?,25-/m0/s1. The van der Waals surface area contributed by atoms with Gasteiger partial charge in [-0.25, -0.2) is 15.4 Å². The summed E-state index contributed by atoms with van der Waals surface area (Å²) in [5.74, 6) is 3.91. The molecule has 4 fully saturated rings. The number of aliphatic hydroxyl groups excluding tert-OH is 1. The van der Waals surface area contributed by atoms with Crippen molar-refractivity contribution >= 4 is 23.2 Å². The second-order valence-electron chi connectivity index (χ2n) is 10.7. The van der Waals surface area contributed by atoms with E-state index in [1.54, 1.807) is 13.4 Å². The number of carbonyl (C=O) groups is 1. The van der Waals surface area contributed by atoms with Gasteiger partial charge >= 0.3 is 0 Å². The number of methoxy groups -OCH3 is 1. The number of nitrogens with one attached hydrogen (secondary N) is 4. The Bertz CT molecular complexity index is 1170. The van der Waals surface area contributed by atoms with Crippen molar-refractivity contribution in [2.45, 2.75) is 49.4 Å². The fraction of sp³-hybridized carbons (Fsp3) is 0.560. The van der Waals surface area contributed by atoms with Crippen LogP contribution in [0.1, 0.15) is 31.2 Å². The molecule has 10 nitrogen and oxygen atoms in total. The monoisotopic (exact) mass is 477 g/mol. The van der Waals surface area contributed by atoms with Crippen LogP contribution >= 0.6 is 0 Å². The molecule has 5 aliphatic rings. The molecule has 4 heterocycles. The Morgan fingerprint density at radius 2 is 2.09 bits per heavy atom. The van der Waals surface area contributed by atoms with Gasteiger partial charge in [-0.1, -0.05) is 0 Å². The summed E-state index contributed by atoms with van der Waals surface area (Å²) in [7, 11) is 1.67. The molecule has 184 valence electrons. The van der Waals surface area contributed by atoms with E-state index in [0.29, 0.717) is 36.9 Å². The second-order valence-corrected chi connectivity index (χ2v) is 10.7. The molecular weight excluding hydrogens is 446 g/mol. The number of hydrazine groups is 1. The zero-order valence-electron chi connectivity index (χ0n) is 19.7. The number of aliphatic hydroxyl groups is 1. The van der Waals surface area contributed by atoms with Gasteiger partial charge in [0.05, 0.1) is 24.8 Å². The van der Waals surface area contributed by atoms with E-state index in [0.717, 1.165) is 54.3 Å².